The summed E-state index contributed by atoms with van der Waals surface area (Å²) in [5.41, 5.74) is 2.42. The molecule has 0 aliphatic heterocycles. The van der Waals surface area contributed by atoms with Gasteiger partial charge in [-0.3, -0.25) is 0 Å². The summed E-state index contributed by atoms with van der Waals surface area (Å²) in [6.45, 7) is 0. The molecule has 3 rings (SSSR count). The molecule has 110 valence electrons. The highest BCUT2D eigenvalue weighted by atomic mass is 35.5. The number of hydrogen-bond acceptors (Lipinski definition) is 1. The first-order valence-corrected chi connectivity index (χ1v) is 7.03. The molecule has 0 aromatic heterocycles. The van der Waals surface area contributed by atoms with E-state index in [9.17, 15) is 13.2 Å². The average Bonchev–Trinajstić information content (AvgIpc) is 2.80. The zero-order chi connectivity index (χ0) is 15.0. The molecule has 5 heteroatoms. The summed E-state index contributed by atoms with van der Waals surface area (Å²) in [4.78, 5) is 0. The van der Waals surface area contributed by atoms with Gasteiger partial charge >= 0.3 is 6.18 Å². The van der Waals surface area contributed by atoms with Crippen molar-refractivity contribution >= 4 is 17.3 Å². The van der Waals surface area contributed by atoms with Gasteiger partial charge in [-0.05, 0) is 60.4 Å². The topological polar surface area (TPSA) is 12.0 Å². The maximum Gasteiger partial charge on any atom is 0.416 e. The molecule has 0 fully saturated rings. The monoisotopic (exact) mass is 311 g/mol. The van der Waals surface area contributed by atoms with Crippen molar-refractivity contribution in [1.29, 1.82) is 0 Å². The van der Waals surface area contributed by atoms with Gasteiger partial charge in [-0.15, -0.1) is 0 Å². The summed E-state index contributed by atoms with van der Waals surface area (Å²) in [6.07, 6.45) is -2.46. The average molecular weight is 312 g/mol. The van der Waals surface area contributed by atoms with Crippen molar-refractivity contribution in [1.82, 2.24) is 0 Å². The second kappa shape index (κ2) is 5.26. The van der Waals surface area contributed by atoms with E-state index >= 15 is 0 Å². The van der Waals surface area contributed by atoms with Crippen LogP contribution in [0.1, 0.15) is 29.2 Å². The normalized spacial score (nSPS) is 17.6. The van der Waals surface area contributed by atoms with Crippen LogP contribution in [0.2, 0.25) is 5.02 Å². The fourth-order valence-electron chi connectivity index (χ4n) is 2.69. The summed E-state index contributed by atoms with van der Waals surface area (Å²) in [6, 6.07) is 11.0. The molecule has 1 aliphatic rings. The molecule has 1 nitrogen and oxygen atoms in total. The Morgan fingerprint density at radius 2 is 1.76 bits per heavy atom. The molecule has 21 heavy (non-hydrogen) atoms. The summed E-state index contributed by atoms with van der Waals surface area (Å²) < 4.78 is 37.6. The molecular formula is C16H13ClF3N. The van der Waals surface area contributed by atoms with Gasteiger partial charge in [0.05, 0.1) is 11.6 Å². The lowest BCUT2D eigenvalue weighted by molar-refractivity contribution is -0.137. The Kier molecular flexibility index (Phi) is 3.57. The van der Waals surface area contributed by atoms with Crippen molar-refractivity contribution < 1.29 is 13.2 Å². The molecule has 0 bridgehead atoms. The molecule has 0 saturated heterocycles. The smallest absolute Gasteiger partial charge is 0.378 e. The lowest BCUT2D eigenvalue weighted by Crippen LogP contribution is -2.08. The first-order chi connectivity index (χ1) is 9.93. The summed E-state index contributed by atoms with van der Waals surface area (Å²) in [7, 11) is 0. The van der Waals surface area contributed by atoms with E-state index in [1.54, 1.807) is 0 Å². The Morgan fingerprint density at radius 3 is 2.43 bits per heavy atom. The number of halogens is 4. The third-order valence-electron chi connectivity index (χ3n) is 3.74. The van der Waals surface area contributed by atoms with Crippen LogP contribution in [-0.2, 0) is 12.6 Å². The highest BCUT2D eigenvalue weighted by molar-refractivity contribution is 6.30. The van der Waals surface area contributed by atoms with Crippen molar-refractivity contribution in [2.75, 3.05) is 5.32 Å². The van der Waals surface area contributed by atoms with E-state index in [1.165, 1.54) is 23.3 Å². The number of hydrogen-bond donors (Lipinski definition) is 1. The molecule has 0 amide bonds. The first kappa shape index (κ1) is 14.3. The standard InChI is InChI=1S/C16H13ClF3N/c17-12-4-7-14-10(9-12)1-8-15(14)21-13-5-2-11(3-6-13)16(18,19)20/h2-7,9,15,21H,1,8H2. The molecule has 1 aliphatic carbocycles. The van der Waals surface area contributed by atoms with Crippen molar-refractivity contribution in [2.45, 2.75) is 25.1 Å². The third-order valence-corrected chi connectivity index (χ3v) is 3.97. The second-order valence-electron chi connectivity index (χ2n) is 5.15. The van der Waals surface area contributed by atoms with Crippen LogP contribution >= 0.6 is 11.6 Å². The Bertz CT molecular complexity index is 650. The molecule has 1 unspecified atom stereocenters. The molecule has 0 saturated carbocycles. The maximum absolute atomic E-state index is 12.5. The molecule has 2 aromatic carbocycles. The van der Waals surface area contributed by atoms with E-state index in [1.807, 2.05) is 18.2 Å². The molecule has 1 N–H and O–H groups in total. The highest BCUT2D eigenvalue weighted by Crippen LogP contribution is 2.36. The lowest BCUT2D eigenvalue weighted by atomic mass is 10.1. The number of benzene rings is 2. The van der Waals surface area contributed by atoms with Crippen molar-refractivity contribution in [2.24, 2.45) is 0 Å². The number of aryl methyl sites for hydroxylation is 1. The van der Waals surface area contributed by atoms with Crippen LogP contribution in [0.5, 0.6) is 0 Å². The molecule has 0 radical (unpaired) electrons. The SMILES string of the molecule is FC(F)(F)c1ccc(NC2CCc3cc(Cl)ccc32)cc1. The van der Waals surface area contributed by atoms with Gasteiger partial charge in [0.2, 0.25) is 0 Å². The van der Waals surface area contributed by atoms with Crippen LogP contribution in [0.4, 0.5) is 18.9 Å². The van der Waals surface area contributed by atoms with E-state index in [2.05, 4.69) is 5.32 Å². The van der Waals surface area contributed by atoms with Crippen LogP contribution in [0.25, 0.3) is 0 Å². The Balaban J connectivity index is 1.77. The van der Waals surface area contributed by atoms with Crippen LogP contribution < -0.4 is 5.32 Å². The fraction of sp³-hybridized carbons (Fsp3) is 0.250. The van der Waals surface area contributed by atoms with Gasteiger partial charge in [0.15, 0.2) is 0 Å². The van der Waals surface area contributed by atoms with Gasteiger partial charge in [0.25, 0.3) is 0 Å². The number of anilines is 1. The van der Waals surface area contributed by atoms with E-state index in [4.69, 9.17) is 11.6 Å². The van der Waals surface area contributed by atoms with Gasteiger partial charge in [-0.2, -0.15) is 13.2 Å². The zero-order valence-corrected chi connectivity index (χ0v) is 11.8. The highest BCUT2D eigenvalue weighted by Gasteiger charge is 2.30. The summed E-state index contributed by atoms with van der Waals surface area (Å²) >= 11 is 5.96. The minimum Gasteiger partial charge on any atom is -0.378 e. The van der Waals surface area contributed by atoms with E-state index in [0.717, 1.165) is 25.0 Å². The van der Waals surface area contributed by atoms with Crippen molar-refractivity contribution in [3.63, 3.8) is 0 Å². The minimum absolute atomic E-state index is 0.119. The Hall–Kier alpha value is -1.68. The Labute approximate surface area is 125 Å². The first-order valence-electron chi connectivity index (χ1n) is 6.65. The predicted octanol–water partition coefficient (Wildman–Crippen LogP) is 5.46. The van der Waals surface area contributed by atoms with Gasteiger partial charge in [0, 0.05) is 10.7 Å². The van der Waals surface area contributed by atoms with Crippen LogP contribution in [0, 0.1) is 0 Å². The number of alkyl halides is 3. The molecule has 2 aromatic rings. The Morgan fingerprint density at radius 1 is 1.05 bits per heavy atom. The van der Waals surface area contributed by atoms with Gasteiger partial charge in [-0.1, -0.05) is 17.7 Å². The second-order valence-corrected chi connectivity index (χ2v) is 5.59. The number of fused-ring (bicyclic) bond motifs is 1. The fourth-order valence-corrected chi connectivity index (χ4v) is 2.89. The lowest BCUT2D eigenvalue weighted by Gasteiger charge is -2.16. The molecular weight excluding hydrogens is 299 g/mol. The number of nitrogens with one attached hydrogen (secondary N) is 1. The van der Waals surface area contributed by atoms with Crippen LogP contribution in [0.3, 0.4) is 0 Å². The van der Waals surface area contributed by atoms with E-state index in [-0.39, 0.29) is 6.04 Å². The van der Waals surface area contributed by atoms with E-state index in [0.29, 0.717) is 10.7 Å². The zero-order valence-electron chi connectivity index (χ0n) is 11.0. The summed E-state index contributed by atoms with van der Waals surface area (Å²) in [5, 5.41) is 4.00. The molecule has 0 heterocycles. The van der Waals surface area contributed by atoms with Crippen molar-refractivity contribution in [3.8, 4) is 0 Å². The molecule has 1 atom stereocenters. The number of rotatable bonds is 2. The summed E-state index contributed by atoms with van der Waals surface area (Å²) in [5.74, 6) is 0. The predicted molar refractivity (Wildman–Crippen MR) is 77.6 cm³/mol. The minimum atomic E-state index is -4.30. The maximum atomic E-state index is 12.5. The van der Waals surface area contributed by atoms with Crippen LogP contribution in [-0.4, -0.2) is 0 Å². The third kappa shape index (κ3) is 3.00. The van der Waals surface area contributed by atoms with Crippen LogP contribution in [0.15, 0.2) is 42.5 Å². The quantitative estimate of drug-likeness (QED) is 0.776. The largest absolute Gasteiger partial charge is 0.416 e. The van der Waals surface area contributed by atoms with Gasteiger partial charge < -0.3 is 5.32 Å². The van der Waals surface area contributed by atoms with Gasteiger partial charge in [-0.25, -0.2) is 0 Å². The molecule has 0 spiro atoms. The van der Waals surface area contributed by atoms with Crippen molar-refractivity contribution in [3.05, 3.63) is 64.2 Å². The van der Waals surface area contributed by atoms with Gasteiger partial charge in [0.1, 0.15) is 0 Å². The van der Waals surface area contributed by atoms with E-state index < -0.39 is 11.7 Å².